The molecule has 0 aliphatic rings. The molecule has 0 amide bonds. The largest absolute Gasteiger partial charge is 0.462 e. The van der Waals surface area contributed by atoms with Crippen LogP contribution in [0.25, 0.3) is 0 Å². The van der Waals surface area contributed by atoms with Crippen LogP contribution in [0.4, 0.5) is 0 Å². The Morgan fingerprint density at radius 2 is 1.94 bits per heavy atom. The summed E-state index contributed by atoms with van der Waals surface area (Å²) in [5.41, 5.74) is 3.35. The van der Waals surface area contributed by atoms with E-state index in [1.807, 2.05) is 19.9 Å². The zero-order valence-electron chi connectivity index (χ0n) is 12.3. The lowest BCUT2D eigenvalue weighted by Crippen LogP contribution is -2.21. The smallest absolute Gasteiger partial charge is 0.340 e. The minimum absolute atomic E-state index is 0.168. The monoisotopic (exact) mass is 249 g/mol. The van der Waals surface area contributed by atoms with Gasteiger partial charge in [-0.3, -0.25) is 4.98 Å². The molecule has 0 aliphatic carbocycles. The van der Waals surface area contributed by atoms with E-state index in [-0.39, 0.29) is 11.4 Å². The first kappa shape index (κ1) is 14.7. The maximum absolute atomic E-state index is 12.0. The fraction of sp³-hybridized carbons (Fsp3) is 0.600. The molecule has 1 rings (SSSR count). The zero-order chi connectivity index (χ0) is 13.9. The molecule has 0 bridgehead atoms. The van der Waals surface area contributed by atoms with Gasteiger partial charge in [-0.15, -0.1) is 0 Å². The molecule has 0 saturated heterocycles. The maximum Gasteiger partial charge on any atom is 0.340 e. The van der Waals surface area contributed by atoms with Crippen molar-refractivity contribution in [3.63, 3.8) is 0 Å². The Hall–Kier alpha value is -1.38. The number of carbonyl (C=O) groups excluding carboxylic acids is 1. The van der Waals surface area contributed by atoms with Crippen molar-refractivity contribution >= 4 is 5.97 Å². The van der Waals surface area contributed by atoms with Crippen molar-refractivity contribution in [2.75, 3.05) is 6.61 Å². The number of esters is 1. The van der Waals surface area contributed by atoms with Gasteiger partial charge in [0, 0.05) is 11.1 Å². The maximum atomic E-state index is 12.0. The SMILES string of the molecule is CCOC(=O)c1cc(CC)c(C)nc1C(C)(C)C. The second kappa shape index (κ2) is 5.51. The predicted octanol–water partition coefficient (Wildman–Crippen LogP) is 3.43. The quantitative estimate of drug-likeness (QED) is 0.770. The molecule has 0 radical (unpaired) electrons. The Morgan fingerprint density at radius 3 is 2.39 bits per heavy atom. The number of hydrogen-bond acceptors (Lipinski definition) is 3. The molecule has 0 unspecified atom stereocenters. The second-order valence-corrected chi connectivity index (χ2v) is 5.45. The third-order valence-electron chi connectivity index (χ3n) is 2.90. The molecule has 100 valence electrons. The number of nitrogens with zero attached hydrogens (tertiary/aromatic N) is 1. The van der Waals surface area contributed by atoms with Crippen LogP contribution in [-0.2, 0) is 16.6 Å². The Balaban J connectivity index is 3.40. The summed E-state index contributed by atoms with van der Waals surface area (Å²) in [6.45, 7) is 12.4. The van der Waals surface area contributed by atoms with Crippen LogP contribution < -0.4 is 0 Å². The van der Waals surface area contributed by atoms with E-state index in [1.54, 1.807) is 0 Å². The van der Waals surface area contributed by atoms with E-state index in [1.165, 1.54) is 0 Å². The van der Waals surface area contributed by atoms with Crippen LogP contribution >= 0.6 is 0 Å². The lowest BCUT2D eigenvalue weighted by molar-refractivity contribution is 0.0522. The van der Waals surface area contributed by atoms with E-state index in [0.29, 0.717) is 12.2 Å². The van der Waals surface area contributed by atoms with E-state index in [0.717, 1.165) is 23.4 Å². The molecule has 18 heavy (non-hydrogen) atoms. The molecule has 0 fully saturated rings. The molecule has 0 aromatic carbocycles. The number of pyridine rings is 1. The number of rotatable bonds is 3. The summed E-state index contributed by atoms with van der Waals surface area (Å²) in [4.78, 5) is 16.6. The van der Waals surface area contributed by atoms with Gasteiger partial charge in [-0.2, -0.15) is 0 Å². The molecular formula is C15H23NO2. The van der Waals surface area contributed by atoms with E-state index in [9.17, 15) is 4.79 Å². The van der Waals surface area contributed by atoms with Gasteiger partial charge in [0.25, 0.3) is 0 Å². The molecule has 0 spiro atoms. The highest BCUT2D eigenvalue weighted by Crippen LogP contribution is 2.26. The van der Waals surface area contributed by atoms with Crippen LogP contribution in [0.2, 0.25) is 0 Å². The van der Waals surface area contributed by atoms with Crippen molar-refractivity contribution in [1.82, 2.24) is 4.98 Å². The number of hydrogen-bond donors (Lipinski definition) is 0. The van der Waals surface area contributed by atoms with Crippen molar-refractivity contribution in [3.05, 3.63) is 28.6 Å². The third-order valence-corrected chi connectivity index (χ3v) is 2.90. The molecule has 0 atom stereocenters. The van der Waals surface area contributed by atoms with Gasteiger partial charge in [0.15, 0.2) is 0 Å². The summed E-state index contributed by atoms with van der Waals surface area (Å²) < 4.78 is 5.12. The predicted molar refractivity (Wildman–Crippen MR) is 73.0 cm³/mol. The van der Waals surface area contributed by atoms with Gasteiger partial charge < -0.3 is 4.74 Å². The first-order chi connectivity index (χ1) is 8.31. The highest BCUT2D eigenvalue weighted by molar-refractivity contribution is 5.91. The van der Waals surface area contributed by atoms with Crippen LogP contribution in [0.15, 0.2) is 6.07 Å². The Labute approximate surface area is 110 Å². The Kier molecular flexibility index (Phi) is 4.49. The first-order valence-electron chi connectivity index (χ1n) is 6.49. The minimum atomic E-state index is -0.273. The van der Waals surface area contributed by atoms with E-state index in [2.05, 4.69) is 32.7 Å². The first-order valence-corrected chi connectivity index (χ1v) is 6.49. The van der Waals surface area contributed by atoms with Crippen molar-refractivity contribution < 1.29 is 9.53 Å². The van der Waals surface area contributed by atoms with E-state index < -0.39 is 0 Å². The average molecular weight is 249 g/mol. The van der Waals surface area contributed by atoms with Gasteiger partial charge in [0.05, 0.1) is 17.9 Å². The lowest BCUT2D eigenvalue weighted by atomic mass is 9.87. The Morgan fingerprint density at radius 1 is 1.33 bits per heavy atom. The molecule has 1 aromatic heterocycles. The minimum Gasteiger partial charge on any atom is -0.462 e. The highest BCUT2D eigenvalue weighted by Gasteiger charge is 2.25. The van der Waals surface area contributed by atoms with E-state index >= 15 is 0 Å². The van der Waals surface area contributed by atoms with Crippen molar-refractivity contribution in [2.24, 2.45) is 0 Å². The normalized spacial score (nSPS) is 11.4. The molecule has 0 saturated carbocycles. The number of aryl methyl sites for hydroxylation is 2. The van der Waals surface area contributed by atoms with Crippen LogP contribution in [0.1, 0.15) is 61.9 Å². The molecule has 0 aliphatic heterocycles. The molecule has 0 N–H and O–H groups in total. The van der Waals surface area contributed by atoms with Gasteiger partial charge in [0.1, 0.15) is 0 Å². The van der Waals surface area contributed by atoms with E-state index in [4.69, 9.17) is 4.74 Å². The Bertz CT molecular complexity index is 445. The number of aromatic nitrogens is 1. The highest BCUT2D eigenvalue weighted by atomic mass is 16.5. The molecule has 1 aromatic rings. The fourth-order valence-corrected chi connectivity index (χ4v) is 1.94. The van der Waals surface area contributed by atoms with Gasteiger partial charge in [-0.25, -0.2) is 4.79 Å². The second-order valence-electron chi connectivity index (χ2n) is 5.45. The van der Waals surface area contributed by atoms with Crippen molar-refractivity contribution in [1.29, 1.82) is 0 Å². The number of carbonyl (C=O) groups is 1. The standard InChI is InChI=1S/C15H23NO2/c1-7-11-9-12(14(17)18-8-2)13(15(4,5)6)16-10(11)3/h9H,7-8H2,1-6H3. The average Bonchev–Trinajstić information content (AvgIpc) is 2.27. The summed E-state index contributed by atoms with van der Waals surface area (Å²) in [5, 5.41) is 0. The van der Waals surface area contributed by atoms with Crippen LogP contribution in [0, 0.1) is 6.92 Å². The van der Waals surface area contributed by atoms with Crippen molar-refractivity contribution in [3.8, 4) is 0 Å². The summed E-state index contributed by atoms with van der Waals surface area (Å²) in [5.74, 6) is -0.273. The topological polar surface area (TPSA) is 39.2 Å². The molecule has 1 heterocycles. The van der Waals surface area contributed by atoms with Gasteiger partial charge >= 0.3 is 5.97 Å². The number of ether oxygens (including phenoxy) is 1. The van der Waals surface area contributed by atoms with Gasteiger partial charge in [-0.05, 0) is 31.9 Å². The summed E-state index contributed by atoms with van der Waals surface area (Å²) in [7, 11) is 0. The third kappa shape index (κ3) is 3.09. The molecular weight excluding hydrogens is 226 g/mol. The van der Waals surface area contributed by atoms with Crippen LogP contribution in [0.5, 0.6) is 0 Å². The fourth-order valence-electron chi connectivity index (χ4n) is 1.94. The molecule has 3 heteroatoms. The summed E-state index contributed by atoms with van der Waals surface area (Å²) in [6, 6.07) is 1.93. The van der Waals surface area contributed by atoms with Crippen LogP contribution in [0.3, 0.4) is 0 Å². The summed E-state index contributed by atoms with van der Waals surface area (Å²) in [6.07, 6.45) is 0.871. The van der Waals surface area contributed by atoms with Crippen molar-refractivity contribution in [2.45, 2.75) is 53.4 Å². The van der Waals surface area contributed by atoms with Gasteiger partial charge in [0.2, 0.25) is 0 Å². The lowest BCUT2D eigenvalue weighted by Gasteiger charge is -2.22. The van der Waals surface area contributed by atoms with Crippen LogP contribution in [-0.4, -0.2) is 17.6 Å². The van der Waals surface area contributed by atoms with Gasteiger partial charge in [-0.1, -0.05) is 27.7 Å². The zero-order valence-corrected chi connectivity index (χ0v) is 12.3. The summed E-state index contributed by atoms with van der Waals surface area (Å²) >= 11 is 0. The molecule has 3 nitrogen and oxygen atoms in total.